The Labute approximate surface area is 168 Å². The second-order valence-electron chi connectivity index (χ2n) is 6.73. The Morgan fingerprint density at radius 3 is 2.69 bits per heavy atom. The maximum absolute atomic E-state index is 12.7. The van der Waals surface area contributed by atoms with Crippen LogP contribution >= 0.6 is 31.9 Å². The van der Waals surface area contributed by atoms with Crippen LogP contribution in [0.5, 0.6) is 5.75 Å². The zero-order valence-electron chi connectivity index (χ0n) is 14.2. The third-order valence-electron chi connectivity index (χ3n) is 4.78. The van der Waals surface area contributed by atoms with Crippen LogP contribution in [-0.4, -0.2) is 35.0 Å². The number of benzene rings is 1. The lowest BCUT2D eigenvalue weighted by Gasteiger charge is -2.33. The standard InChI is InChI=1S/C17H19Br2N3O4/c1-10-4-6-17(7-5-10)15(24)22(16(25)20-17)21-14(23)9-26-13-3-2-11(18)8-12(13)19/h2-3,8,10H,4-7,9H2,1H3,(H,20,25)(H,21,23). The molecule has 0 atom stereocenters. The maximum Gasteiger partial charge on any atom is 0.344 e. The molecule has 1 saturated heterocycles. The van der Waals surface area contributed by atoms with Crippen LogP contribution in [-0.2, 0) is 9.59 Å². The zero-order valence-corrected chi connectivity index (χ0v) is 17.4. The number of hydrogen-bond acceptors (Lipinski definition) is 4. The van der Waals surface area contributed by atoms with E-state index in [1.54, 1.807) is 18.2 Å². The number of carbonyl (C=O) groups is 3. The molecule has 1 aromatic carbocycles. The van der Waals surface area contributed by atoms with Crippen molar-refractivity contribution in [3.05, 3.63) is 27.1 Å². The van der Waals surface area contributed by atoms with Crippen molar-refractivity contribution in [1.82, 2.24) is 15.8 Å². The van der Waals surface area contributed by atoms with Crippen LogP contribution in [0.3, 0.4) is 0 Å². The zero-order chi connectivity index (χ0) is 18.9. The Hall–Kier alpha value is -1.61. The number of urea groups is 1. The number of imide groups is 1. The van der Waals surface area contributed by atoms with Gasteiger partial charge in [-0.3, -0.25) is 15.0 Å². The minimum Gasteiger partial charge on any atom is -0.483 e. The molecular weight excluding hydrogens is 470 g/mol. The van der Waals surface area contributed by atoms with E-state index in [-0.39, 0.29) is 6.61 Å². The monoisotopic (exact) mass is 487 g/mol. The predicted octanol–water partition coefficient (Wildman–Crippen LogP) is 3.12. The number of halogens is 2. The Morgan fingerprint density at radius 2 is 2.04 bits per heavy atom. The third-order valence-corrected chi connectivity index (χ3v) is 5.89. The molecule has 26 heavy (non-hydrogen) atoms. The van der Waals surface area contributed by atoms with E-state index in [9.17, 15) is 14.4 Å². The van der Waals surface area contributed by atoms with Gasteiger partial charge in [0.1, 0.15) is 11.3 Å². The van der Waals surface area contributed by atoms with Crippen LogP contribution in [0.1, 0.15) is 32.6 Å². The number of nitrogens with zero attached hydrogens (tertiary/aromatic N) is 1. The van der Waals surface area contributed by atoms with Gasteiger partial charge in [-0.05, 0) is 65.7 Å². The molecule has 1 aliphatic carbocycles. The maximum atomic E-state index is 12.7. The summed E-state index contributed by atoms with van der Waals surface area (Å²) in [5.41, 5.74) is 1.46. The van der Waals surface area contributed by atoms with Gasteiger partial charge < -0.3 is 10.1 Å². The van der Waals surface area contributed by atoms with Gasteiger partial charge in [-0.1, -0.05) is 22.9 Å². The molecule has 9 heteroatoms. The highest BCUT2D eigenvalue weighted by Gasteiger charge is 2.52. The smallest absolute Gasteiger partial charge is 0.344 e. The van der Waals surface area contributed by atoms with Crippen molar-refractivity contribution in [2.75, 3.05) is 6.61 Å². The van der Waals surface area contributed by atoms with Gasteiger partial charge in [0.25, 0.3) is 11.8 Å². The quantitative estimate of drug-likeness (QED) is 0.637. The molecule has 1 spiro atoms. The fourth-order valence-electron chi connectivity index (χ4n) is 3.21. The van der Waals surface area contributed by atoms with E-state index in [1.165, 1.54) is 0 Å². The van der Waals surface area contributed by atoms with Crippen molar-refractivity contribution in [2.45, 2.75) is 38.1 Å². The van der Waals surface area contributed by atoms with E-state index in [4.69, 9.17) is 4.74 Å². The lowest BCUT2D eigenvalue weighted by atomic mass is 9.77. The summed E-state index contributed by atoms with van der Waals surface area (Å²) < 4.78 is 6.99. The van der Waals surface area contributed by atoms with Crippen LogP contribution in [0.25, 0.3) is 0 Å². The highest BCUT2D eigenvalue weighted by molar-refractivity contribution is 9.11. The van der Waals surface area contributed by atoms with Gasteiger partial charge in [0, 0.05) is 4.47 Å². The van der Waals surface area contributed by atoms with E-state index < -0.39 is 23.4 Å². The lowest BCUT2D eigenvalue weighted by molar-refractivity contribution is -0.140. The van der Waals surface area contributed by atoms with Crippen LogP contribution in [0, 0.1) is 5.92 Å². The summed E-state index contributed by atoms with van der Waals surface area (Å²) in [6.45, 7) is 1.81. The lowest BCUT2D eigenvalue weighted by Crippen LogP contribution is -2.52. The first-order valence-electron chi connectivity index (χ1n) is 8.35. The molecule has 1 heterocycles. The number of hydrazine groups is 1. The molecule has 0 unspecified atom stereocenters. The number of ether oxygens (including phenoxy) is 1. The molecule has 3 rings (SSSR count). The molecular formula is C17H19Br2N3O4. The van der Waals surface area contributed by atoms with Crippen LogP contribution in [0.4, 0.5) is 4.79 Å². The third kappa shape index (κ3) is 3.88. The van der Waals surface area contributed by atoms with Crippen molar-refractivity contribution in [3.8, 4) is 5.75 Å². The number of hydrogen-bond donors (Lipinski definition) is 2. The second kappa shape index (κ2) is 7.56. The summed E-state index contributed by atoms with van der Waals surface area (Å²) in [5.74, 6) is 0.0436. The second-order valence-corrected chi connectivity index (χ2v) is 8.50. The largest absolute Gasteiger partial charge is 0.483 e. The molecule has 2 N–H and O–H groups in total. The van der Waals surface area contributed by atoms with Gasteiger partial charge in [0.15, 0.2) is 6.61 Å². The van der Waals surface area contributed by atoms with Gasteiger partial charge in [-0.25, -0.2) is 4.79 Å². The Bertz CT molecular complexity index is 748. The Morgan fingerprint density at radius 1 is 1.35 bits per heavy atom. The van der Waals surface area contributed by atoms with Gasteiger partial charge in [-0.2, -0.15) is 5.01 Å². The Kier molecular flexibility index (Phi) is 5.57. The van der Waals surface area contributed by atoms with Gasteiger partial charge in [0.05, 0.1) is 4.47 Å². The Balaban J connectivity index is 1.59. The molecule has 1 saturated carbocycles. The van der Waals surface area contributed by atoms with Crippen molar-refractivity contribution >= 4 is 49.7 Å². The van der Waals surface area contributed by atoms with E-state index >= 15 is 0 Å². The predicted molar refractivity (Wildman–Crippen MR) is 101 cm³/mol. The summed E-state index contributed by atoms with van der Waals surface area (Å²) in [7, 11) is 0. The number of carbonyl (C=O) groups excluding carboxylic acids is 3. The molecule has 1 aliphatic heterocycles. The normalized spacial score (nSPS) is 25.3. The SMILES string of the molecule is CC1CCC2(CC1)NC(=O)N(NC(=O)COc1ccc(Br)cc1Br)C2=O. The van der Waals surface area contributed by atoms with Gasteiger partial charge >= 0.3 is 6.03 Å². The van der Waals surface area contributed by atoms with E-state index in [1.807, 2.05) is 0 Å². The summed E-state index contributed by atoms with van der Waals surface area (Å²) in [5, 5.41) is 3.53. The highest BCUT2D eigenvalue weighted by atomic mass is 79.9. The molecule has 0 aromatic heterocycles. The average molecular weight is 489 g/mol. The summed E-state index contributed by atoms with van der Waals surface area (Å²) >= 11 is 6.67. The van der Waals surface area contributed by atoms with Crippen molar-refractivity contribution in [3.63, 3.8) is 0 Å². The molecule has 140 valence electrons. The molecule has 1 aromatic rings. The molecule has 0 bridgehead atoms. The summed E-state index contributed by atoms with van der Waals surface area (Å²) in [6.07, 6.45) is 2.92. The van der Waals surface area contributed by atoms with Crippen LogP contribution in [0.2, 0.25) is 0 Å². The summed E-state index contributed by atoms with van der Waals surface area (Å²) in [4.78, 5) is 37.0. The minimum absolute atomic E-state index is 0.318. The van der Waals surface area contributed by atoms with E-state index in [0.717, 1.165) is 22.3 Å². The molecule has 2 fully saturated rings. The van der Waals surface area contributed by atoms with Crippen molar-refractivity contribution in [2.24, 2.45) is 5.92 Å². The van der Waals surface area contributed by atoms with Crippen LogP contribution < -0.4 is 15.5 Å². The average Bonchev–Trinajstić information content (AvgIpc) is 2.81. The number of amides is 4. The molecule has 0 radical (unpaired) electrons. The topological polar surface area (TPSA) is 87.7 Å². The first kappa shape index (κ1) is 19.2. The van der Waals surface area contributed by atoms with E-state index in [2.05, 4.69) is 49.5 Å². The summed E-state index contributed by atoms with van der Waals surface area (Å²) in [6, 6.07) is 4.68. The van der Waals surface area contributed by atoms with Crippen LogP contribution in [0.15, 0.2) is 27.1 Å². The van der Waals surface area contributed by atoms with Crippen molar-refractivity contribution < 1.29 is 19.1 Å². The fourth-order valence-corrected chi connectivity index (χ4v) is 4.37. The fraction of sp³-hybridized carbons (Fsp3) is 0.471. The highest BCUT2D eigenvalue weighted by Crippen LogP contribution is 2.35. The number of rotatable bonds is 4. The van der Waals surface area contributed by atoms with Gasteiger partial charge in [0.2, 0.25) is 0 Å². The molecule has 4 amide bonds. The first-order chi connectivity index (χ1) is 12.3. The van der Waals surface area contributed by atoms with Crippen molar-refractivity contribution in [1.29, 1.82) is 0 Å². The van der Waals surface area contributed by atoms with E-state index in [0.29, 0.717) is 29.0 Å². The number of nitrogens with one attached hydrogen (secondary N) is 2. The first-order valence-corrected chi connectivity index (χ1v) is 9.93. The molecule has 7 nitrogen and oxygen atoms in total. The van der Waals surface area contributed by atoms with Gasteiger partial charge in [-0.15, -0.1) is 0 Å². The minimum atomic E-state index is -0.882. The molecule has 2 aliphatic rings.